The molecule has 4 nitrogen and oxygen atoms in total. The number of nitrogens with one attached hydrogen (secondary N) is 1. The fraction of sp³-hybridized carbons (Fsp3) is 0.769. The first-order chi connectivity index (χ1) is 8.60. The Bertz CT molecular complexity index is 448. The van der Waals surface area contributed by atoms with Crippen LogP contribution >= 0.6 is 15.9 Å². The van der Waals surface area contributed by atoms with Gasteiger partial charge in [-0.25, -0.2) is 0 Å². The van der Waals surface area contributed by atoms with Crippen molar-refractivity contribution in [3.05, 3.63) is 15.9 Å². The molecule has 5 heteroatoms. The lowest BCUT2D eigenvalue weighted by Crippen LogP contribution is -2.29. The van der Waals surface area contributed by atoms with Crippen molar-refractivity contribution in [1.29, 1.82) is 0 Å². The highest BCUT2D eigenvalue weighted by atomic mass is 79.9. The highest BCUT2D eigenvalue weighted by molar-refractivity contribution is 9.10. The van der Waals surface area contributed by atoms with Crippen LogP contribution in [0.1, 0.15) is 24.2 Å². The molecule has 0 amide bonds. The summed E-state index contributed by atoms with van der Waals surface area (Å²) in [4.78, 5) is 2.58. The normalized spacial score (nSPS) is 28.6. The molecular formula is C13H21BrN4. The SMILES string of the molecule is Cc1nn(C)c(CN2CCC3(CCNC3)C2)c1Br. The maximum absolute atomic E-state index is 4.47. The van der Waals surface area contributed by atoms with Gasteiger partial charge < -0.3 is 5.32 Å². The molecule has 3 heterocycles. The van der Waals surface area contributed by atoms with Crippen molar-refractivity contribution in [1.82, 2.24) is 20.0 Å². The minimum Gasteiger partial charge on any atom is -0.316 e. The van der Waals surface area contributed by atoms with Gasteiger partial charge in [-0.3, -0.25) is 9.58 Å². The molecule has 1 unspecified atom stereocenters. The number of halogens is 1. The van der Waals surface area contributed by atoms with Crippen LogP contribution in [0.5, 0.6) is 0 Å². The van der Waals surface area contributed by atoms with Crippen LogP contribution in [0.25, 0.3) is 0 Å². The number of rotatable bonds is 2. The van der Waals surface area contributed by atoms with Gasteiger partial charge in [0.2, 0.25) is 0 Å². The molecule has 2 aliphatic rings. The molecule has 100 valence electrons. The van der Waals surface area contributed by atoms with E-state index in [1.165, 1.54) is 49.2 Å². The molecule has 18 heavy (non-hydrogen) atoms. The van der Waals surface area contributed by atoms with Crippen molar-refractivity contribution in [2.75, 3.05) is 26.2 Å². The quantitative estimate of drug-likeness (QED) is 0.902. The van der Waals surface area contributed by atoms with E-state index in [1.807, 2.05) is 11.7 Å². The first kappa shape index (κ1) is 12.6. The van der Waals surface area contributed by atoms with Crippen LogP contribution in [0, 0.1) is 12.3 Å². The zero-order valence-corrected chi connectivity index (χ0v) is 12.8. The van der Waals surface area contributed by atoms with Gasteiger partial charge in [0.1, 0.15) is 0 Å². The zero-order chi connectivity index (χ0) is 12.8. The summed E-state index contributed by atoms with van der Waals surface area (Å²) < 4.78 is 3.19. The topological polar surface area (TPSA) is 33.1 Å². The Labute approximate surface area is 117 Å². The molecular weight excluding hydrogens is 292 g/mol. The lowest BCUT2D eigenvalue weighted by molar-refractivity contribution is 0.263. The van der Waals surface area contributed by atoms with Gasteiger partial charge in [-0.05, 0) is 54.2 Å². The van der Waals surface area contributed by atoms with Crippen molar-refractivity contribution in [2.24, 2.45) is 12.5 Å². The molecule has 1 aromatic rings. The van der Waals surface area contributed by atoms with Crippen LogP contribution in [-0.4, -0.2) is 40.9 Å². The molecule has 1 spiro atoms. The number of nitrogens with zero attached hydrogens (tertiary/aromatic N) is 3. The number of aromatic nitrogens is 2. The number of hydrogen-bond donors (Lipinski definition) is 1. The Balaban J connectivity index is 1.71. The molecule has 2 aliphatic heterocycles. The van der Waals surface area contributed by atoms with E-state index >= 15 is 0 Å². The van der Waals surface area contributed by atoms with Crippen LogP contribution in [0.2, 0.25) is 0 Å². The molecule has 0 bridgehead atoms. The molecule has 3 rings (SSSR count). The second-order valence-electron chi connectivity index (χ2n) is 5.86. The minimum atomic E-state index is 0.556. The van der Waals surface area contributed by atoms with Gasteiger partial charge in [0.15, 0.2) is 0 Å². The van der Waals surface area contributed by atoms with Crippen molar-refractivity contribution in [3.8, 4) is 0 Å². The fourth-order valence-corrected chi connectivity index (χ4v) is 3.83. The molecule has 0 aromatic carbocycles. The summed E-state index contributed by atoms with van der Waals surface area (Å²) in [5, 5.41) is 7.99. The predicted molar refractivity (Wildman–Crippen MR) is 75.5 cm³/mol. The Morgan fingerprint density at radius 1 is 1.44 bits per heavy atom. The van der Waals surface area contributed by atoms with Gasteiger partial charge in [0.25, 0.3) is 0 Å². The minimum absolute atomic E-state index is 0.556. The first-order valence-corrected chi connectivity index (χ1v) is 7.50. The van der Waals surface area contributed by atoms with E-state index in [9.17, 15) is 0 Å². The van der Waals surface area contributed by atoms with Crippen LogP contribution < -0.4 is 5.32 Å². The molecule has 2 saturated heterocycles. The van der Waals surface area contributed by atoms with Gasteiger partial charge in [0, 0.05) is 26.7 Å². The van der Waals surface area contributed by atoms with E-state index in [1.54, 1.807) is 0 Å². The summed E-state index contributed by atoms with van der Waals surface area (Å²) >= 11 is 3.66. The molecule has 0 aliphatic carbocycles. The van der Waals surface area contributed by atoms with Crippen LogP contribution in [0.15, 0.2) is 4.47 Å². The number of hydrogen-bond acceptors (Lipinski definition) is 3. The Morgan fingerprint density at radius 3 is 2.89 bits per heavy atom. The fourth-order valence-electron chi connectivity index (χ4n) is 3.37. The van der Waals surface area contributed by atoms with E-state index in [2.05, 4.69) is 38.2 Å². The van der Waals surface area contributed by atoms with Crippen LogP contribution in [0.3, 0.4) is 0 Å². The van der Waals surface area contributed by atoms with Crippen LogP contribution in [0.4, 0.5) is 0 Å². The third kappa shape index (κ3) is 2.12. The average molecular weight is 313 g/mol. The highest BCUT2D eigenvalue weighted by Gasteiger charge is 2.40. The van der Waals surface area contributed by atoms with Gasteiger partial charge in [-0.2, -0.15) is 5.10 Å². The largest absolute Gasteiger partial charge is 0.316 e. The zero-order valence-electron chi connectivity index (χ0n) is 11.2. The highest BCUT2D eigenvalue weighted by Crippen LogP contribution is 2.37. The third-order valence-corrected chi connectivity index (χ3v) is 5.52. The number of likely N-dealkylation sites (tertiary alicyclic amines) is 1. The summed E-state index contributed by atoms with van der Waals surface area (Å²) in [6, 6.07) is 0. The first-order valence-electron chi connectivity index (χ1n) is 6.71. The second-order valence-corrected chi connectivity index (χ2v) is 6.65. The summed E-state index contributed by atoms with van der Waals surface area (Å²) in [7, 11) is 2.04. The smallest absolute Gasteiger partial charge is 0.0739 e. The Morgan fingerprint density at radius 2 is 2.28 bits per heavy atom. The van der Waals surface area contributed by atoms with Crippen molar-refractivity contribution in [2.45, 2.75) is 26.3 Å². The lowest BCUT2D eigenvalue weighted by Gasteiger charge is -2.22. The van der Waals surface area contributed by atoms with Gasteiger partial charge in [0.05, 0.1) is 15.9 Å². The van der Waals surface area contributed by atoms with Crippen molar-refractivity contribution in [3.63, 3.8) is 0 Å². The Hall–Kier alpha value is -0.390. The molecule has 0 radical (unpaired) electrons. The molecule has 1 aromatic heterocycles. The second kappa shape index (κ2) is 4.62. The lowest BCUT2D eigenvalue weighted by atomic mass is 9.87. The van der Waals surface area contributed by atoms with E-state index in [0.29, 0.717) is 5.41 Å². The third-order valence-electron chi connectivity index (χ3n) is 4.48. The van der Waals surface area contributed by atoms with E-state index in [4.69, 9.17) is 0 Å². The standard InChI is InChI=1S/C13H21BrN4/c1-10-12(14)11(17(2)16-10)7-18-6-4-13(9-18)3-5-15-8-13/h15H,3-9H2,1-2H3. The van der Waals surface area contributed by atoms with E-state index < -0.39 is 0 Å². The summed E-state index contributed by atoms with van der Waals surface area (Å²) in [5.41, 5.74) is 2.94. The molecule has 1 N–H and O–H groups in total. The molecule has 1 atom stereocenters. The molecule has 2 fully saturated rings. The summed E-state index contributed by atoms with van der Waals surface area (Å²) in [6.45, 7) is 7.92. The van der Waals surface area contributed by atoms with Crippen molar-refractivity contribution >= 4 is 15.9 Å². The van der Waals surface area contributed by atoms with Crippen molar-refractivity contribution < 1.29 is 0 Å². The summed E-state index contributed by atoms with van der Waals surface area (Å²) in [5.74, 6) is 0. The maximum Gasteiger partial charge on any atom is 0.0739 e. The van der Waals surface area contributed by atoms with E-state index in [-0.39, 0.29) is 0 Å². The van der Waals surface area contributed by atoms with Gasteiger partial charge >= 0.3 is 0 Å². The van der Waals surface area contributed by atoms with Crippen LogP contribution in [-0.2, 0) is 13.6 Å². The molecule has 0 saturated carbocycles. The van der Waals surface area contributed by atoms with Gasteiger partial charge in [-0.15, -0.1) is 0 Å². The maximum atomic E-state index is 4.47. The predicted octanol–water partition coefficient (Wildman–Crippen LogP) is 1.68. The van der Waals surface area contributed by atoms with Gasteiger partial charge in [-0.1, -0.05) is 0 Å². The Kier molecular flexibility index (Phi) is 3.24. The van der Waals surface area contributed by atoms with E-state index in [0.717, 1.165) is 12.2 Å². The monoisotopic (exact) mass is 312 g/mol. The number of aryl methyl sites for hydroxylation is 2. The summed E-state index contributed by atoms with van der Waals surface area (Å²) in [6.07, 6.45) is 2.68. The average Bonchev–Trinajstić information content (AvgIpc) is 3.01.